The van der Waals surface area contributed by atoms with Crippen LogP contribution in [0.2, 0.25) is 0 Å². The number of amides is 2. The highest BCUT2D eigenvalue weighted by atomic mass is 16.6. The van der Waals surface area contributed by atoms with Crippen molar-refractivity contribution >= 4 is 23.7 Å². The third-order valence-electron chi connectivity index (χ3n) is 3.36. The molecule has 1 aliphatic rings. The van der Waals surface area contributed by atoms with Gasteiger partial charge in [0.05, 0.1) is 5.69 Å². The largest absolute Gasteiger partial charge is 0.420 e. The van der Waals surface area contributed by atoms with Crippen LogP contribution in [-0.4, -0.2) is 36.0 Å². The Bertz CT molecular complexity index is 608. The Morgan fingerprint density at radius 3 is 2.48 bits per heavy atom. The molecule has 2 rings (SSSR count). The van der Waals surface area contributed by atoms with Crippen LogP contribution in [0, 0.1) is 0 Å². The average molecular weight is 320 g/mol. The number of nitrogens with zero attached hydrogens (tertiary/aromatic N) is 1. The van der Waals surface area contributed by atoms with Crippen LogP contribution in [0.25, 0.3) is 0 Å². The first-order chi connectivity index (χ1) is 11.0. The summed E-state index contributed by atoms with van der Waals surface area (Å²) in [5.74, 6) is -0.653. The second-order valence-corrected chi connectivity index (χ2v) is 5.20. The first-order valence-corrected chi connectivity index (χ1v) is 7.59. The smallest absolute Gasteiger partial charge is 0.415 e. The predicted molar refractivity (Wildman–Crippen MR) is 83.5 cm³/mol. The summed E-state index contributed by atoms with van der Waals surface area (Å²) in [6, 6.07) is 4.71. The molecule has 124 valence electrons. The van der Waals surface area contributed by atoms with Crippen LogP contribution in [0.1, 0.15) is 33.1 Å². The van der Waals surface area contributed by atoms with Gasteiger partial charge in [0.25, 0.3) is 0 Å². The Morgan fingerprint density at radius 2 is 1.87 bits per heavy atom. The Labute approximate surface area is 134 Å². The average Bonchev–Trinajstić information content (AvgIpc) is 3.04. The first-order valence-electron chi connectivity index (χ1n) is 7.59. The fourth-order valence-corrected chi connectivity index (χ4v) is 2.23. The van der Waals surface area contributed by atoms with Crippen molar-refractivity contribution < 1.29 is 23.9 Å². The van der Waals surface area contributed by atoms with E-state index < -0.39 is 12.1 Å². The van der Waals surface area contributed by atoms with Gasteiger partial charge in [0.15, 0.2) is 11.5 Å². The number of likely N-dealkylation sites (tertiary alicyclic amines) is 1. The summed E-state index contributed by atoms with van der Waals surface area (Å²) in [6.45, 7) is 4.29. The molecule has 7 nitrogen and oxygen atoms in total. The predicted octanol–water partition coefficient (Wildman–Crippen LogP) is 2.56. The lowest BCUT2D eigenvalue weighted by molar-refractivity contribution is -0.134. The number of anilines is 1. The molecule has 7 heteroatoms. The fourth-order valence-electron chi connectivity index (χ4n) is 2.23. The van der Waals surface area contributed by atoms with Crippen molar-refractivity contribution in [3.63, 3.8) is 0 Å². The standard InChI is InChI=1S/C16H20N2O5/c1-3-14(20)23-15-12(17-11(2)19)7-6-8-13(15)22-16(21)18-9-4-5-10-18/h6-8H,3-5,9-10H2,1-2H3,(H,17,19). The number of para-hydroxylation sites is 1. The van der Waals surface area contributed by atoms with Gasteiger partial charge in [-0.05, 0) is 25.0 Å². The molecule has 2 amide bonds. The van der Waals surface area contributed by atoms with Crippen LogP contribution in [0.15, 0.2) is 18.2 Å². The van der Waals surface area contributed by atoms with Crippen LogP contribution in [0.5, 0.6) is 11.5 Å². The van der Waals surface area contributed by atoms with E-state index in [1.54, 1.807) is 24.0 Å². The van der Waals surface area contributed by atoms with Gasteiger partial charge in [-0.3, -0.25) is 9.59 Å². The van der Waals surface area contributed by atoms with Gasteiger partial charge in [0.1, 0.15) is 0 Å². The number of ether oxygens (including phenoxy) is 2. The monoisotopic (exact) mass is 320 g/mol. The molecule has 0 unspecified atom stereocenters. The van der Waals surface area contributed by atoms with E-state index in [4.69, 9.17) is 9.47 Å². The van der Waals surface area contributed by atoms with Gasteiger partial charge in [0, 0.05) is 26.4 Å². The summed E-state index contributed by atoms with van der Waals surface area (Å²) < 4.78 is 10.6. The van der Waals surface area contributed by atoms with Gasteiger partial charge < -0.3 is 19.7 Å². The molecule has 0 aliphatic carbocycles. The lowest BCUT2D eigenvalue weighted by atomic mass is 10.2. The molecule has 23 heavy (non-hydrogen) atoms. The Kier molecular flexibility index (Phi) is 5.56. The van der Waals surface area contributed by atoms with Gasteiger partial charge in [0.2, 0.25) is 5.91 Å². The fraction of sp³-hybridized carbons (Fsp3) is 0.438. The van der Waals surface area contributed by atoms with E-state index in [1.165, 1.54) is 13.0 Å². The van der Waals surface area contributed by atoms with E-state index in [0.29, 0.717) is 13.1 Å². The van der Waals surface area contributed by atoms with Crippen molar-refractivity contribution in [2.45, 2.75) is 33.1 Å². The highest BCUT2D eigenvalue weighted by Crippen LogP contribution is 2.36. The summed E-state index contributed by atoms with van der Waals surface area (Å²) >= 11 is 0. The van der Waals surface area contributed by atoms with Crippen LogP contribution in [-0.2, 0) is 9.59 Å². The number of carbonyl (C=O) groups excluding carboxylic acids is 3. The third-order valence-corrected chi connectivity index (χ3v) is 3.36. The number of hydrogen-bond donors (Lipinski definition) is 1. The highest BCUT2D eigenvalue weighted by molar-refractivity contribution is 5.92. The third kappa shape index (κ3) is 4.45. The van der Waals surface area contributed by atoms with E-state index in [0.717, 1.165) is 12.8 Å². The normalized spacial score (nSPS) is 13.6. The van der Waals surface area contributed by atoms with Crippen molar-refractivity contribution in [1.29, 1.82) is 0 Å². The van der Waals surface area contributed by atoms with E-state index in [2.05, 4.69) is 5.32 Å². The molecule has 0 bridgehead atoms. The molecule has 1 aromatic carbocycles. The summed E-state index contributed by atoms with van der Waals surface area (Å²) in [4.78, 5) is 36.6. The topological polar surface area (TPSA) is 84.9 Å². The van der Waals surface area contributed by atoms with Gasteiger partial charge in [-0.15, -0.1) is 0 Å². The lowest BCUT2D eigenvalue weighted by Gasteiger charge is -2.18. The zero-order valence-corrected chi connectivity index (χ0v) is 13.3. The second kappa shape index (κ2) is 7.62. The molecule has 0 spiro atoms. The summed E-state index contributed by atoms with van der Waals surface area (Å²) in [7, 11) is 0. The lowest BCUT2D eigenvalue weighted by Crippen LogP contribution is -2.30. The minimum atomic E-state index is -0.490. The van der Waals surface area contributed by atoms with Crippen molar-refractivity contribution in [3.05, 3.63) is 18.2 Å². The quantitative estimate of drug-likeness (QED) is 0.681. The molecule has 1 heterocycles. The summed E-state index contributed by atoms with van der Waals surface area (Å²) in [5, 5.41) is 2.56. The van der Waals surface area contributed by atoms with Crippen molar-refractivity contribution in [3.8, 4) is 11.5 Å². The van der Waals surface area contributed by atoms with E-state index in [9.17, 15) is 14.4 Å². The minimum Gasteiger partial charge on any atom is -0.420 e. The van der Waals surface area contributed by atoms with E-state index in [1.807, 2.05) is 0 Å². The first kappa shape index (κ1) is 16.8. The van der Waals surface area contributed by atoms with Crippen LogP contribution in [0.3, 0.4) is 0 Å². The molecule has 1 N–H and O–H groups in total. The molecular formula is C16H20N2O5. The Balaban J connectivity index is 2.26. The second-order valence-electron chi connectivity index (χ2n) is 5.20. The Hall–Kier alpha value is -2.57. The van der Waals surface area contributed by atoms with Gasteiger partial charge in [-0.1, -0.05) is 13.0 Å². The number of hydrogen-bond acceptors (Lipinski definition) is 5. The van der Waals surface area contributed by atoms with Crippen LogP contribution >= 0.6 is 0 Å². The maximum atomic E-state index is 12.1. The molecular weight excluding hydrogens is 300 g/mol. The van der Waals surface area contributed by atoms with Gasteiger partial charge in [-0.25, -0.2) is 4.79 Å². The number of esters is 1. The number of carbonyl (C=O) groups is 3. The summed E-state index contributed by atoms with van der Waals surface area (Å²) in [6.07, 6.45) is 1.56. The molecule has 1 aliphatic heterocycles. The number of nitrogens with one attached hydrogen (secondary N) is 1. The molecule has 1 aromatic rings. The zero-order chi connectivity index (χ0) is 16.8. The Morgan fingerprint density at radius 1 is 1.17 bits per heavy atom. The van der Waals surface area contributed by atoms with Gasteiger partial charge in [-0.2, -0.15) is 0 Å². The SMILES string of the molecule is CCC(=O)Oc1c(NC(C)=O)cccc1OC(=O)N1CCCC1. The van der Waals surface area contributed by atoms with Crippen molar-refractivity contribution in [2.75, 3.05) is 18.4 Å². The van der Waals surface area contributed by atoms with Crippen molar-refractivity contribution in [1.82, 2.24) is 4.90 Å². The van der Waals surface area contributed by atoms with Crippen LogP contribution < -0.4 is 14.8 Å². The highest BCUT2D eigenvalue weighted by Gasteiger charge is 2.23. The van der Waals surface area contributed by atoms with Crippen molar-refractivity contribution in [2.24, 2.45) is 0 Å². The summed E-state index contributed by atoms with van der Waals surface area (Å²) in [5.41, 5.74) is 0.283. The zero-order valence-electron chi connectivity index (χ0n) is 13.3. The number of benzene rings is 1. The molecule has 1 fully saturated rings. The molecule has 0 saturated carbocycles. The van der Waals surface area contributed by atoms with E-state index >= 15 is 0 Å². The molecule has 1 saturated heterocycles. The minimum absolute atomic E-state index is 0.0436. The van der Waals surface area contributed by atoms with E-state index in [-0.39, 0.29) is 29.5 Å². The van der Waals surface area contributed by atoms with Gasteiger partial charge >= 0.3 is 12.1 Å². The van der Waals surface area contributed by atoms with Crippen LogP contribution in [0.4, 0.5) is 10.5 Å². The molecule has 0 aromatic heterocycles. The maximum Gasteiger partial charge on any atom is 0.415 e. The number of rotatable bonds is 4. The molecule has 0 atom stereocenters. The maximum absolute atomic E-state index is 12.1. The molecule has 0 radical (unpaired) electrons.